The zero-order chi connectivity index (χ0) is 34.1. The molecule has 51 heavy (non-hydrogen) atoms. The van der Waals surface area contributed by atoms with Gasteiger partial charge in [-0.25, -0.2) is 0 Å². The molecule has 0 amide bonds. The molecule has 1 unspecified atom stereocenters. The largest absolute Gasteiger partial charge is 0.313 e. The summed E-state index contributed by atoms with van der Waals surface area (Å²) in [5, 5.41) is 1.41. The molecule has 9 rings (SSSR count). The second-order valence-corrected chi connectivity index (χ2v) is 13.8. The van der Waals surface area contributed by atoms with Crippen LogP contribution in [-0.2, 0) is 6.42 Å². The van der Waals surface area contributed by atoms with Crippen molar-refractivity contribution in [3.8, 4) is 39.1 Å². The summed E-state index contributed by atoms with van der Waals surface area (Å²) in [4.78, 5) is 2.35. The number of para-hydroxylation sites is 1. The first kappa shape index (κ1) is 30.9. The van der Waals surface area contributed by atoms with Crippen molar-refractivity contribution in [2.75, 3.05) is 4.90 Å². The topological polar surface area (TPSA) is 8.17 Å². The molecule has 1 atom stereocenters. The predicted molar refractivity (Wildman–Crippen MR) is 216 cm³/mol. The third-order valence-electron chi connectivity index (χ3n) is 10.6. The number of hydrogen-bond acceptors (Lipinski definition) is 1. The second kappa shape index (κ2) is 13.3. The fourth-order valence-corrected chi connectivity index (χ4v) is 8.03. The van der Waals surface area contributed by atoms with Crippen molar-refractivity contribution in [3.05, 3.63) is 193 Å². The van der Waals surface area contributed by atoms with E-state index in [1.54, 1.807) is 0 Å². The predicted octanol–water partition coefficient (Wildman–Crippen LogP) is 13.5. The van der Waals surface area contributed by atoms with Crippen LogP contribution in [0.15, 0.2) is 182 Å². The monoisotopic (exact) mass is 656 g/mol. The van der Waals surface area contributed by atoms with E-state index in [2.05, 4.69) is 198 Å². The van der Waals surface area contributed by atoms with Crippen molar-refractivity contribution in [1.82, 2.24) is 4.57 Å². The molecule has 1 aliphatic carbocycles. The van der Waals surface area contributed by atoms with Crippen LogP contribution in [-0.4, -0.2) is 4.57 Å². The van der Waals surface area contributed by atoms with Crippen LogP contribution in [0.4, 0.5) is 17.1 Å². The number of aromatic nitrogens is 1. The van der Waals surface area contributed by atoms with Gasteiger partial charge in [0.2, 0.25) is 0 Å². The van der Waals surface area contributed by atoms with Gasteiger partial charge in [0.15, 0.2) is 0 Å². The summed E-state index contributed by atoms with van der Waals surface area (Å²) in [5.41, 5.74) is 16.2. The average Bonchev–Trinajstić information content (AvgIpc) is 3.55. The van der Waals surface area contributed by atoms with Crippen LogP contribution < -0.4 is 4.90 Å². The first-order chi connectivity index (χ1) is 25.2. The maximum Gasteiger partial charge on any atom is 0.0534 e. The summed E-state index contributed by atoms with van der Waals surface area (Å²) in [7, 11) is 0. The number of hydrogen-bond donors (Lipinski definition) is 0. The quantitative estimate of drug-likeness (QED) is 0.166. The van der Waals surface area contributed by atoms with Crippen LogP contribution in [0.3, 0.4) is 0 Å². The first-order valence-electron chi connectivity index (χ1n) is 18.2. The molecule has 8 aromatic rings. The number of rotatable bonds is 7. The highest BCUT2D eigenvalue weighted by atomic mass is 15.1. The molecule has 0 bridgehead atoms. The molecule has 1 heterocycles. The summed E-state index contributed by atoms with van der Waals surface area (Å²) < 4.78 is 2.52. The van der Waals surface area contributed by atoms with Crippen molar-refractivity contribution in [3.63, 3.8) is 0 Å². The van der Waals surface area contributed by atoms with Gasteiger partial charge >= 0.3 is 0 Å². The molecule has 0 spiro atoms. The summed E-state index contributed by atoms with van der Waals surface area (Å²) in [6.07, 6.45) is 3.69. The number of anilines is 3. The van der Waals surface area contributed by atoms with Gasteiger partial charge in [0, 0.05) is 33.8 Å². The van der Waals surface area contributed by atoms with E-state index in [-0.39, 0.29) is 0 Å². The lowest BCUT2D eigenvalue weighted by Gasteiger charge is -2.26. The maximum atomic E-state index is 2.52. The molecule has 7 aromatic carbocycles. The van der Waals surface area contributed by atoms with E-state index in [0.29, 0.717) is 5.92 Å². The lowest BCUT2D eigenvalue weighted by Crippen LogP contribution is -2.11. The Kier molecular flexibility index (Phi) is 8.06. The Labute approximate surface area is 300 Å². The van der Waals surface area contributed by atoms with E-state index >= 15 is 0 Å². The van der Waals surface area contributed by atoms with Gasteiger partial charge in [0.1, 0.15) is 0 Å². The fraction of sp³-hybridized carbons (Fsp3) is 0.102. The number of fused-ring (bicyclic) bond motifs is 3. The van der Waals surface area contributed by atoms with E-state index in [9.17, 15) is 0 Å². The maximum absolute atomic E-state index is 2.52. The van der Waals surface area contributed by atoms with Gasteiger partial charge in [-0.1, -0.05) is 134 Å². The third-order valence-corrected chi connectivity index (χ3v) is 10.6. The van der Waals surface area contributed by atoms with Gasteiger partial charge in [0.25, 0.3) is 0 Å². The van der Waals surface area contributed by atoms with E-state index < -0.39 is 0 Å². The Morgan fingerprint density at radius 3 is 1.35 bits per heavy atom. The Hall–Kier alpha value is -6.12. The zero-order valence-electron chi connectivity index (χ0n) is 28.9. The SMILES string of the molecule is CC1CCCc2c1n(-c1ccc(-c3ccc(N(c4ccc(-c5ccccc5)cc4)c4ccc(-c5ccccc5)cc4)cc3)cc1)c1ccccc21. The average molecular weight is 657 g/mol. The van der Waals surface area contributed by atoms with Crippen LogP contribution in [0.5, 0.6) is 0 Å². The lowest BCUT2D eigenvalue weighted by molar-refractivity contribution is 0.571. The summed E-state index contributed by atoms with van der Waals surface area (Å²) >= 11 is 0. The van der Waals surface area contributed by atoms with Crippen LogP contribution >= 0.6 is 0 Å². The normalized spacial score (nSPS) is 13.9. The highest BCUT2D eigenvalue weighted by Crippen LogP contribution is 2.41. The fourth-order valence-electron chi connectivity index (χ4n) is 8.03. The van der Waals surface area contributed by atoms with Gasteiger partial charge in [-0.05, 0) is 119 Å². The van der Waals surface area contributed by atoms with Crippen molar-refractivity contribution in [2.45, 2.75) is 32.1 Å². The highest BCUT2D eigenvalue weighted by molar-refractivity contribution is 5.88. The summed E-state index contributed by atoms with van der Waals surface area (Å²) in [5.74, 6) is 0.556. The van der Waals surface area contributed by atoms with Crippen LogP contribution in [0.25, 0.3) is 50.0 Å². The highest BCUT2D eigenvalue weighted by Gasteiger charge is 2.25. The van der Waals surface area contributed by atoms with E-state index in [0.717, 1.165) is 17.1 Å². The Balaban J connectivity index is 1.05. The Morgan fingerprint density at radius 1 is 0.451 bits per heavy atom. The number of benzene rings is 7. The van der Waals surface area contributed by atoms with Crippen LogP contribution in [0, 0.1) is 0 Å². The van der Waals surface area contributed by atoms with Crippen molar-refractivity contribution < 1.29 is 0 Å². The number of aryl methyl sites for hydroxylation is 1. The molecule has 2 heteroatoms. The smallest absolute Gasteiger partial charge is 0.0534 e. The minimum atomic E-state index is 0.556. The first-order valence-corrected chi connectivity index (χ1v) is 18.2. The lowest BCUT2D eigenvalue weighted by atomic mass is 9.88. The molecule has 0 aliphatic heterocycles. The molecule has 1 aromatic heterocycles. The van der Waals surface area contributed by atoms with Crippen molar-refractivity contribution >= 4 is 28.0 Å². The molecular weight excluding hydrogens is 617 g/mol. The number of nitrogens with zero attached hydrogens (tertiary/aromatic N) is 2. The van der Waals surface area contributed by atoms with E-state index in [1.165, 1.54) is 80.5 Å². The molecule has 0 saturated heterocycles. The summed E-state index contributed by atoms with van der Waals surface area (Å²) in [6, 6.07) is 66.0. The Morgan fingerprint density at radius 2 is 0.863 bits per heavy atom. The van der Waals surface area contributed by atoms with Gasteiger partial charge in [-0.3, -0.25) is 0 Å². The van der Waals surface area contributed by atoms with E-state index in [4.69, 9.17) is 0 Å². The zero-order valence-corrected chi connectivity index (χ0v) is 28.9. The van der Waals surface area contributed by atoms with E-state index in [1.807, 2.05) is 0 Å². The molecule has 0 fully saturated rings. The molecular formula is C49H40N2. The van der Waals surface area contributed by atoms with Crippen LogP contribution in [0.2, 0.25) is 0 Å². The van der Waals surface area contributed by atoms with Crippen molar-refractivity contribution in [2.24, 2.45) is 0 Å². The third kappa shape index (κ3) is 5.83. The minimum Gasteiger partial charge on any atom is -0.313 e. The van der Waals surface area contributed by atoms with Gasteiger partial charge < -0.3 is 9.47 Å². The molecule has 0 saturated carbocycles. The minimum absolute atomic E-state index is 0.556. The molecule has 246 valence electrons. The molecule has 0 radical (unpaired) electrons. The van der Waals surface area contributed by atoms with Gasteiger partial charge in [-0.2, -0.15) is 0 Å². The standard InChI is InChI=1S/C49H40N2/c1-35-11-10-17-47-46-16-8-9-18-48(46)51(49(35)47)45-33-25-41(26-34-45)40-23-31-44(32-24-40)50(42-27-19-38(20-28-42)36-12-4-2-5-13-36)43-29-21-39(22-30-43)37-14-6-3-7-15-37/h2-9,12-16,18-35H,10-11,17H2,1H3. The summed E-state index contributed by atoms with van der Waals surface area (Å²) in [6.45, 7) is 2.39. The van der Waals surface area contributed by atoms with Gasteiger partial charge in [0.05, 0.1) is 5.52 Å². The second-order valence-electron chi connectivity index (χ2n) is 13.8. The molecule has 2 nitrogen and oxygen atoms in total. The Bertz CT molecular complexity index is 2320. The molecule has 0 N–H and O–H groups in total. The van der Waals surface area contributed by atoms with Gasteiger partial charge in [-0.15, -0.1) is 0 Å². The van der Waals surface area contributed by atoms with Crippen molar-refractivity contribution in [1.29, 1.82) is 0 Å². The van der Waals surface area contributed by atoms with Crippen LogP contribution in [0.1, 0.15) is 36.9 Å². The molecule has 1 aliphatic rings.